The summed E-state index contributed by atoms with van der Waals surface area (Å²) in [5.41, 5.74) is 1.63. The van der Waals surface area contributed by atoms with Gasteiger partial charge in [0.1, 0.15) is 5.82 Å². The summed E-state index contributed by atoms with van der Waals surface area (Å²) in [4.78, 5) is 23.0. The predicted octanol–water partition coefficient (Wildman–Crippen LogP) is 1.78. The smallest absolute Gasteiger partial charge is 0.255 e. The van der Waals surface area contributed by atoms with Crippen LogP contribution in [0.2, 0.25) is 0 Å². The van der Waals surface area contributed by atoms with Gasteiger partial charge in [0.2, 0.25) is 0 Å². The number of hydrogen-bond donors (Lipinski definition) is 0. The summed E-state index contributed by atoms with van der Waals surface area (Å²) in [7, 11) is 1.99. The second-order valence-electron chi connectivity index (χ2n) is 7.05. The average Bonchev–Trinajstić information content (AvgIpc) is 3.32. The Morgan fingerprint density at radius 3 is 2.93 bits per heavy atom. The molecule has 1 atom stereocenters. The molecule has 1 saturated heterocycles. The van der Waals surface area contributed by atoms with Gasteiger partial charge < -0.3 is 14.0 Å². The Bertz CT molecular complexity index is 931. The Kier molecular flexibility index (Phi) is 4.70. The molecule has 0 aliphatic carbocycles. The molecular weight excluding hydrogens is 342 g/mol. The quantitative estimate of drug-likeness (QED) is 0.704. The second kappa shape index (κ2) is 7.30. The van der Waals surface area contributed by atoms with E-state index < -0.39 is 0 Å². The third-order valence-corrected chi connectivity index (χ3v) is 5.23. The van der Waals surface area contributed by atoms with Crippen molar-refractivity contribution in [3.8, 4) is 0 Å². The number of aryl methyl sites for hydroxylation is 1. The molecule has 3 aromatic heterocycles. The van der Waals surface area contributed by atoms with Crippen LogP contribution >= 0.6 is 0 Å². The van der Waals surface area contributed by atoms with Crippen LogP contribution in [0.1, 0.15) is 46.3 Å². The van der Waals surface area contributed by atoms with Crippen LogP contribution in [-0.2, 0) is 13.6 Å². The molecule has 0 unspecified atom stereocenters. The van der Waals surface area contributed by atoms with Gasteiger partial charge in [-0.3, -0.25) is 9.78 Å². The fraction of sp³-hybridized carbons (Fsp3) is 0.421. The number of rotatable bonds is 4. The highest BCUT2D eigenvalue weighted by Crippen LogP contribution is 2.27. The zero-order valence-electron chi connectivity index (χ0n) is 15.6. The first-order chi connectivity index (χ1) is 13.1. The fourth-order valence-corrected chi connectivity index (χ4v) is 3.64. The zero-order valence-corrected chi connectivity index (χ0v) is 15.6. The van der Waals surface area contributed by atoms with E-state index in [4.69, 9.17) is 0 Å². The first-order valence-corrected chi connectivity index (χ1v) is 9.17. The molecule has 4 rings (SSSR count). The number of hydrogen-bond acceptors (Lipinski definition) is 5. The Morgan fingerprint density at radius 2 is 2.15 bits per heavy atom. The molecule has 140 valence electrons. The Hall–Kier alpha value is -3.03. The normalized spacial score (nSPS) is 17.3. The van der Waals surface area contributed by atoms with E-state index in [1.807, 2.05) is 40.3 Å². The standard InChI is InChI=1S/C19H23N7O/c1-14-5-6-20-10-16(14)19(27)26-8-3-4-15(11-26)18-23-22-17(24(18)2)12-25-9-7-21-13-25/h5-7,9-10,13,15H,3-4,8,11-12H2,1-2H3/t15-/m0/s1. The van der Waals surface area contributed by atoms with Crippen molar-refractivity contribution in [2.45, 2.75) is 32.2 Å². The van der Waals surface area contributed by atoms with Gasteiger partial charge in [-0.25, -0.2) is 4.98 Å². The minimum Gasteiger partial charge on any atom is -0.338 e. The van der Waals surface area contributed by atoms with E-state index in [1.165, 1.54) is 0 Å². The van der Waals surface area contributed by atoms with Crippen LogP contribution in [0.25, 0.3) is 0 Å². The molecule has 8 heteroatoms. The van der Waals surface area contributed by atoms with E-state index in [9.17, 15) is 4.79 Å². The van der Waals surface area contributed by atoms with Crippen LogP contribution in [0.15, 0.2) is 37.2 Å². The zero-order chi connectivity index (χ0) is 18.8. The Morgan fingerprint density at radius 1 is 1.26 bits per heavy atom. The molecule has 8 nitrogen and oxygen atoms in total. The van der Waals surface area contributed by atoms with Crippen molar-refractivity contribution in [2.24, 2.45) is 7.05 Å². The minimum absolute atomic E-state index is 0.0473. The molecule has 0 aromatic carbocycles. The number of carbonyl (C=O) groups is 1. The molecule has 3 aromatic rings. The molecule has 0 N–H and O–H groups in total. The van der Waals surface area contributed by atoms with Crippen LogP contribution in [0, 0.1) is 6.92 Å². The SMILES string of the molecule is Cc1ccncc1C(=O)N1CCC[C@H](c2nnc(Cn3ccnc3)n2C)C1. The highest BCUT2D eigenvalue weighted by molar-refractivity contribution is 5.95. The molecule has 1 aliphatic heterocycles. The van der Waals surface area contributed by atoms with Gasteiger partial charge in [0.25, 0.3) is 5.91 Å². The van der Waals surface area contributed by atoms with Crippen molar-refractivity contribution in [1.82, 2.24) is 34.2 Å². The molecule has 4 heterocycles. The van der Waals surface area contributed by atoms with Crippen molar-refractivity contribution in [1.29, 1.82) is 0 Å². The van der Waals surface area contributed by atoms with Gasteiger partial charge in [0.15, 0.2) is 5.82 Å². The first kappa shape index (κ1) is 17.4. The van der Waals surface area contributed by atoms with E-state index >= 15 is 0 Å². The Balaban J connectivity index is 1.51. The summed E-state index contributed by atoms with van der Waals surface area (Å²) < 4.78 is 4.02. The minimum atomic E-state index is 0.0473. The van der Waals surface area contributed by atoms with E-state index in [0.717, 1.165) is 36.6 Å². The first-order valence-electron chi connectivity index (χ1n) is 9.17. The molecule has 0 radical (unpaired) electrons. The van der Waals surface area contributed by atoms with E-state index in [2.05, 4.69) is 20.2 Å². The van der Waals surface area contributed by atoms with Gasteiger partial charge >= 0.3 is 0 Å². The number of amides is 1. The summed E-state index contributed by atoms with van der Waals surface area (Å²) >= 11 is 0. The number of imidazole rings is 1. The van der Waals surface area contributed by atoms with E-state index in [1.54, 1.807) is 24.9 Å². The number of likely N-dealkylation sites (tertiary alicyclic amines) is 1. The van der Waals surface area contributed by atoms with Crippen molar-refractivity contribution in [3.05, 3.63) is 60.0 Å². The number of aromatic nitrogens is 6. The number of piperidine rings is 1. The van der Waals surface area contributed by atoms with Crippen molar-refractivity contribution >= 4 is 5.91 Å². The third kappa shape index (κ3) is 3.47. The van der Waals surface area contributed by atoms with Gasteiger partial charge in [0.05, 0.1) is 18.4 Å². The van der Waals surface area contributed by atoms with Gasteiger partial charge in [-0.05, 0) is 31.4 Å². The summed E-state index contributed by atoms with van der Waals surface area (Å²) in [5, 5.41) is 8.79. The predicted molar refractivity (Wildman–Crippen MR) is 99.2 cm³/mol. The molecule has 1 amide bonds. The van der Waals surface area contributed by atoms with Crippen LogP contribution in [-0.4, -0.2) is 53.2 Å². The van der Waals surface area contributed by atoms with Crippen LogP contribution in [0.4, 0.5) is 0 Å². The topological polar surface area (TPSA) is 81.7 Å². The van der Waals surface area contributed by atoms with Gasteiger partial charge in [-0.1, -0.05) is 0 Å². The lowest BCUT2D eigenvalue weighted by molar-refractivity contribution is 0.0702. The molecule has 0 bridgehead atoms. The number of carbonyl (C=O) groups excluding carboxylic acids is 1. The third-order valence-electron chi connectivity index (χ3n) is 5.23. The van der Waals surface area contributed by atoms with Crippen molar-refractivity contribution < 1.29 is 4.79 Å². The summed E-state index contributed by atoms with van der Waals surface area (Å²) in [6, 6.07) is 1.87. The van der Waals surface area contributed by atoms with Gasteiger partial charge in [0, 0.05) is 50.8 Å². The van der Waals surface area contributed by atoms with Gasteiger partial charge in [-0.15, -0.1) is 10.2 Å². The Labute approximate surface area is 157 Å². The number of nitrogens with zero attached hydrogens (tertiary/aromatic N) is 7. The van der Waals surface area contributed by atoms with Crippen molar-refractivity contribution in [2.75, 3.05) is 13.1 Å². The fourth-order valence-electron chi connectivity index (χ4n) is 3.64. The maximum absolute atomic E-state index is 12.9. The molecular formula is C19H23N7O. The summed E-state index contributed by atoms with van der Waals surface area (Å²) in [6.45, 7) is 4.00. The second-order valence-corrected chi connectivity index (χ2v) is 7.05. The molecule has 1 fully saturated rings. The molecule has 1 aliphatic rings. The molecule has 0 spiro atoms. The largest absolute Gasteiger partial charge is 0.338 e. The summed E-state index contributed by atoms with van der Waals surface area (Å²) in [6.07, 6.45) is 10.8. The van der Waals surface area contributed by atoms with Crippen LogP contribution in [0.3, 0.4) is 0 Å². The molecule has 0 saturated carbocycles. The van der Waals surface area contributed by atoms with Crippen LogP contribution in [0.5, 0.6) is 0 Å². The van der Waals surface area contributed by atoms with Crippen molar-refractivity contribution in [3.63, 3.8) is 0 Å². The maximum atomic E-state index is 12.9. The van der Waals surface area contributed by atoms with E-state index in [-0.39, 0.29) is 11.8 Å². The van der Waals surface area contributed by atoms with Crippen LogP contribution < -0.4 is 0 Å². The molecule has 27 heavy (non-hydrogen) atoms. The lowest BCUT2D eigenvalue weighted by atomic mass is 9.96. The average molecular weight is 365 g/mol. The highest BCUT2D eigenvalue weighted by Gasteiger charge is 2.29. The van der Waals surface area contributed by atoms with Gasteiger partial charge in [-0.2, -0.15) is 0 Å². The maximum Gasteiger partial charge on any atom is 0.255 e. The van der Waals surface area contributed by atoms with E-state index in [0.29, 0.717) is 18.7 Å². The highest BCUT2D eigenvalue weighted by atomic mass is 16.2. The number of pyridine rings is 1. The lowest BCUT2D eigenvalue weighted by Gasteiger charge is -2.32. The monoisotopic (exact) mass is 365 g/mol. The summed E-state index contributed by atoms with van der Waals surface area (Å²) in [5.74, 6) is 2.06. The lowest BCUT2D eigenvalue weighted by Crippen LogP contribution is -2.40.